The summed E-state index contributed by atoms with van der Waals surface area (Å²) in [6.07, 6.45) is 5.68. The molecule has 2 nitrogen and oxygen atoms in total. The first kappa shape index (κ1) is 17.3. The highest BCUT2D eigenvalue weighted by Crippen LogP contribution is 2.35. The van der Waals surface area contributed by atoms with E-state index in [9.17, 15) is 0 Å². The molecule has 120 valence electrons. The summed E-state index contributed by atoms with van der Waals surface area (Å²) < 4.78 is 5.45. The van der Waals surface area contributed by atoms with Crippen LogP contribution in [0.4, 0.5) is 0 Å². The van der Waals surface area contributed by atoms with Crippen LogP contribution in [-0.2, 0) is 6.54 Å². The van der Waals surface area contributed by atoms with Crippen molar-refractivity contribution in [1.82, 2.24) is 4.90 Å². The van der Waals surface area contributed by atoms with Crippen molar-refractivity contribution in [3.63, 3.8) is 0 Å². The molecule has 2 aromatic rings. The Balaban J connectivity index is 2.09. The molecule has 0 unspecified atom stereocenters. The Morgan fingerprint density at radius 3 is 2.70 bits per heavy atom. The normalized spacial score (nSPS) is 11.5. The van der Waals surface area contributed by atoms with Crippen molar-refractivity contribution in [3.05, 3.63) is 78.2 Å². The van der Waals surface area contributed by atoms with E-state index in [1.54, 1.807) is 24.5 Å². The summed E-state index contributed by atoms with van der Waals surface area (Å²) in [7, 11) is 3.83. The number of para-hydroxylation sites is 1. The van der Waals surface area contributed by atoms with Crippen LogP contribution in [-0.4, -0.2) is 25.6 Å². The Hall–Kier alpha value is -2.10. The maximum Gasteiger partial charge on any atom is 0.127 e. The molecule has 0 N–H and O–H groups in total. The van der Waals surface area contributed by atoms with Gasteiger partial charge < -0.3 is 4.74 Å². The van der Waals surface area contributed by atoms with Crippen LogP contribution in [0.1, 0.15) is 4.88 Å². The molecule has 23 heavy (non-hydrogen) atoms. The molecule has 0 fully saturated rings. The Morgan fingerprint density at radius 1 is 1.22 bits per heavy atom. The molecule has 0 atom stereocenters. The highest BCUT2D eigenvalue weighted by molar-refractivity contribution is 7.15. The molecule has 0 radical (unpaired) electrons. The smallest absolute Gasteiger partial charge is 0.127 e. The van der Waals surface area contributed by atoms with Crippen LogP contribution >= 0.6 is 11.3 Å². The van der Waals surface area contributed by atoms with E-state index in [4.69, 9.17) is 4.74 Å². The van der Waals surface area contributed by atoms with E-state index in [1.807, 2.05) is 30.4 Å². The quantitative estimate of drug-likeness (QED) is 0.622. The summed E-state index contributed by atoms with van der Waals surface area (Å²) in [5.74, 6) is 0.914. The molecular weight excluding hydrogens is 302 g/mol. The maximum absolute atomic E-state index is 5.45. The van der Waals surface area contributed by atoms with E-state index in [2.05, 4.69) is 43.3 Å². The van der Waals surface area contributed by atoms with Crippen molar-refractivity contribution >= 4 is 11.3 Å². The first-order valence-corrected chi connectivity index (χ1v) is 8.34. The van der Waals surface area contributed by atoms with Crippen molar-refractivity contribution in [3.8, 4) is 16.2 Å². The highest BCUT2D eigenvalue weighted by atomic mass is 32.1. The minimum Gasteiger partial charge on any atom is -0.496 e. The van der Waals surface area contributed by atoms with Crippen LogP contribution in [0, 0.1) is 0 Å². The van der Waals surface area contributed by atoms with Crippen LogP contribution < -0.4 is 4.74 Å². The number of hydrogen-bond acceptors (Lipinski definition) is 3. The molecule has 0 saturated carbocycles. The zero-order valence-electron chi connectivity index (χ0n) is 13.8. The second kappa shape index (κ2) is 8.51. The minimum absolute atomic E-state index is 0.859. The molecule has 1 aromatic carbocycles. The number of methoxy groups -OCH3 is 1. The van der Waals surface area contributed by atoms with Crippen molar-refractivity contribution in [2.24, 2.45) is 0 Å². The third kappa shape index (κ3) is 4.68. The Kier molecular flexibility index (Phi) is 6.39. The molecule has 2 rings (SSSR count). The number of ether oxygens (including phenoxy) is 1. The third-order valence-electron chi connectivity index (χ3n) is 3.51. The lowest BCUT2D eigenvalue weighted by Gasteiger charge is -2.16. The van der Waals surface area contributed by atoms with E-state index in [-0.39, 0.29) is 0 Å². The predicted octanol–water partition coefficient (Wildman–Crippen LogP) is 5.15. The van der Waals surface area contributed by atoms with Gasteiger partial charge in [0.1, 0.15) is 5.75 Å². The summed E-state index contributed by atoms with van der Waals surface area (Å²) in [5.41, 5.74) is 2.32. The van der Waals surface area contributed by atoms with Crippen LogP contribution in [0.2, 0.25) is 0 Å². The molecule has 0 aliphatic heterocycles. The molecule has 0 bridgehead atoms. The van der Waals surface area contributed by atoms with Gasteiger partial charge in [0.05, 0.1) is 7.11 Å². The molecule has 0 aliphatic carbocycles. The van der Waals surface area contributed by atoms with E-state index < -0.39 is 0 Å². The SMILES string of the molecule is C=C/C=C(\C=C)CN(C)Cc1ccc(-c2ccccc2OC)s1. The fourth-order valence-electron chi connectivity index (χ4n) is 2.43. The lowest BCUT2D eigenvalue weighted by molar-refractivity contribution is 0.361. The molecule has 1 heterocycles. The van der Waals surface area contributed by atoms with Gasteiger partial charge in [-0.25, -0.2) is 0 Å². The second-order valence-corrected chi connectivity index (χ2v) is 6.49. The Bertz CT molecular complexity index is 699. The average Bonchev–Trinajstić information content (AvgIpc) is 3.02. The molecule has 3 heteroatoms. The van der Waals surface area contributed by atoms with Crippen molar-refractivity contribution in [2.45, 2.75) is 6.54 Å². The number of nitrogens with zero attached hydrogens (tertiary/aromatic N) is 1. The third-order valence-corrected chi connectivity index (χ3v) is 4.61. The molecule has 0 spiro atoms. The van der Waals surface area contributed by atoms with Gasteiger partial charge in [0, 0.05) is 28.4 Å². The van der Waals surface area contributed by atoms with Gasteiger partial charge in [-0.1, -0.05) is 43.5 Å². The van der Waals surface area contributed by atoms with Gasteiger partial charge in [-0.2, -0.15) is 0 Å². The molecular formula is C20H23NOS. The van der Waals surface area contributed by atoms with Gasteiger partial charge in [0.15, 0.2) is 0 Å². The van der Waals surface area contributed by atoms with Crippen LogP contribution in [0.25, 0.3) is 10.4 Å². The molecule has 0 amide bonds. The number of benzene rings is 1. The monoisotopic (exact) mass is 325 g/mol. The van der Waals surface area contributed by atoms with Gasteiger partial charge in [-0.15, -0.1) is 11.3 Å². The highest BCUT2D eigenvalue weighted by Gasteiger charge is 2.09. The minimum atomic E-state index is 0.859. The lowest BCUT2D eigenvalue weighted by atomic mass is 10.1. The van der Waals surface area contributed by atoms with Gasteiger partial charge >= 0.3 is 0 Å². The summed E-state index contributed by atoms with van der Waals surface area (Å²) >= 11 is 1.80. The summed E-state index contributed by atoms with van der Waals surface area (Å²) in [4.78, 5) is 4.83. The zero-order valence-corrected chi connectivity index (χ0v) is 14.6. The van der Waals surface area contributed by atoms with Gasteiger partial charge in [0.2, 0.25) is 0 Å². The fraction of sp³-hybridized carbons (Fsp3) is 0.200. The zero-order chi connectivity index (χ0) is 16.7. The predicted molar refractivity (Wildman–Crippen MR) is 101 cm³/mol. The number of hydrogen-bond donors (Lipinski definition) is 0. The van der Waals surface area contributed by atoms with Crippen LogP contribution in [0.3, 0.4) is 0 Å². The van der Waals surface area contributed by atoms with E-state index in [0.29, 0.717) is 0 Å². The van der Waals surface area contributed by atoms with Crippen molar-refractivity contribution < 1.29 is 4.74 Å². The summed E-state index contributed by atoms with van der Waals surface area (Å²) in [6, 6.07) is 12.5. The van der Waals surface area contributed by atoms with E-state index >= 15 is 0 Å². The van der Waals surface area contributed by atoms with Crippen LogP contribution in [0.15, 0.2) is 73.4 Å². The molecule has 1 aromatic heterocycles. The van der Waals surface area contributed by atoms with Crippen LogP contribution in [0.5, 0.6) is 5.75 Å². The number of thiophene rings is 1. The average molecular weight is 325 g/mol. The standard InChI is InChI=1S/C20H23NOS/c1-5-9-16(6-2)14-21(3)15-17-12-13-20(23-17)18-10-7-8-11-19(18)22-4/h5-13H,1-2,14-15H2,3-4H3/b16-9+. The van der Waals surface area contributed by atoms with Gasteiger partial charge in [-0.3, -0.25) is 4.90 Å². The number of allylic oxidation sites excluding steroid dienone is 2. The first-order valence-electron chi connectivity index (χ1n) is 7.52. The van der Waals surface area contributed by atoms with Crippen molar-refractivity contribution in [2.75, 3.05) is 20.7 Å². The fourth-order valence-corrected chi connectivity index (χ4v) is 3.54. The molecule has 0 aliphatic rings. The number of rotatable bonds is 8. The maximum atomic E-state index is 5.45. The first-order chi connectivity index (χ1) is 11.2. The Labute approximate surface area is 143 Å². The Morgan fingerprint density at radius 2 is 2.00 bits per heavy atom. The topological polar surface area (TPSA) is 12.5 Å². The summed E-state index contributed by atoms with van der Waals surface area (Å²) in [6.45, 7) is 9.35. The lowest BCUT2D eigenvalue weighted by Crippen LogP contribution is -2.19. The summed E-state index contributed by atoms with van der Waals surface area (Å²) in [5, 5.41) is 0. The van der Waals surface area contributed by atoms with Gasteiger partial charge in [-0.05, 0) is 36.9 Å². The largest absolute Gasteiger partial charge is 0.496 e. The second-order valence-electron chi connectivity index (χ2n) is 5.32. The molecule has 0 saturated heterocycles. The number of likely N-dealkylation sites (N-methyl/N-ethyl adjacent to an activating group) is 1. The van der Waals surface area contributed by atoms with E-state index in [0.717, 1.165) is 24.4 Å². The van der Waals surface area contributed by atoms with Gasteiger partial charge in [0.25, 0.3) is 0 Å². The van der Waals surface area contributed by atoms with E-state index in [1.165, 1.54) is 15.3 Å². The van der Waals surface area contributed by atoms with Crippen molar-refractivity contribution in [1.29, 1.82) is 0 Å².